The molecule has 2 aromatic heterocycles. The van der Waals surface area contributed by atoms with Crippen molar-refractivity contribution in [3.63, 3.8) is 0 Å². The van der Waals surface area contributed by atoms with Gasteiger partial charge in [0, 0.05) is 53.4 Å². The lowest BCUT2D eigenvalue weighted by molar-refractivity contribution is -0.131. The minimum Gasteiger partial charge on any atom is -0.491 e. The van der Waals surface area contributed by atoms with E-state index in [1.54, 1.807) is 0 Å². The number of hydrogen-bond donors (Lipinski definition) is 2. The second-order valence-corrected chi connectivity index (χ2v) is 10.3. The maximum absolute atomic E-state index is 13.4. The van der Waals surface area contributed by atoms with Crippen LogP contribution in [0.25, 0.3) is 10.9 Å². The zero-order valence-corrected chi connectivity index (χ0v) is 21.0. The van der Waals surface area contributed by atoms with Gasteiger partial charge in [-0.25, -0.2) is 0 Å². The second kappa shape index (κ2) is 9.47. The molecule has 7 nitrogen and oxygen atoms in total. The predicted molar refractivity (Wildman–Crippen MR) is 140 cm³/mol. The molecule has 0 bridgehead atoms. The molecule has 0 saturated heterocycles. The van der Waals surface area contributed by atoms with Crippen LogP contribution < -0.4 is 4.74 Å². The van der Waals surface area contributed by atoms with Crippen molar-refractivity contribution >= 4 is 16.8 Å². The highest BCUT2D eigenvalue weighted by Gasteiger charge is 2.26. The molecular weight excluding hydrogens is 450 g/mol. The average molecular weight is 484 g/mol. The minimum atomic E-state index is 0.132. The zero-order valence-electron chi connectivity index (χ0n) is 21.0. The summed E-state index contributed by atoms with van der Waals surface area (Å²) in [5.74, 6) is 1.67. The molecule has 2 aromatic carbocycles. The Hall–Kier alpha value is -3.58. The number of rotatable bonds is 7. The van der Waals surface area contributed by atoms with Crippen LogP contribution >= 0.6 is 0 Å². The van der Waals surface area contributed by atoms with Gasteiger partial charge >= 0.3 is 0 Å². The van der Waals surface area contributed by atoms with Crippen LogP contribution in [0.15, 0.2) is 48.5 Å². The van der Waals surface area contributed by atoms with Crippen molar-refractivity contribution in [1.82, 2.24) is 25.0 Å². The number of aromatic nitrogens is 3. The summed E-state index contributed by atoms with van der Waals surface area (Å²) in [6.07, 6.45) is 2.91. The van der Waals surface area contributed by atoms with E-state index >= 15 is 0 Å². The van der Waals surface area contributed by atoms with Gasteiger partial charge in [0.2, 0.25) is 5.91 Å². The highest BCUT2D eigenvalue weighted by molar-refractivity contribution is 5.90. The summed E-state index contributed by atoms with van der Waals surface area (Å²) >= 11 is 0. The summed E-state index contributed by atoms with van der Waals surface area (Å²) in [5.41, 5.74) is 7.86. The molecule has 4 aromatic rings. The Morgan fingerprint density at radius 3 is 2.89 bits per heavy atom. The molecule has 2 N–H and O–H groups in total. The van der Waals surface area contributed by atoms with E-state index in [4.69, 9.17) is 4.74 Å². The number of aromatic amines is 2. The van der Waals surface area contributed by atoms with E-state index in [0.717, 1.165) is 52.3 Å². The van der Waals surface area contributed by atoms with Gasteiger partial charge in [-0.15, -0.1) is 0 Å². The molecule has 36 heavy (non-hydrogen) atoms. The van der Waals surface area contributed by atoms with Gasteiger partial charge in [-0.1, -0.05) is 24.3 Å². The molecule has 186 valence electrons. The van der Waals surface area contributed by atoms with Crippen LogP contribution in [0.2, 0.25) is 0 Å². The Morgan fingerprint density at radius 2 is 2.03 bits per heavy atom. The average Bonchev–Trinajstić information content (AvgIpc) is 3.58. The summed E-state index contributed by atoms with van der Waals surface area (Å²) in [4.78, 5) is 21.0. The third-order valence-electron chi connectivity index (χ3n) is 7.35. The van der Waals surface area contributed by atoms with E-state index in [1.165, 1.54) is 24.1 Å². The number of fused-ring (bicyclic) bond motifs is 2. The smallest absolute Gasteiger partial charge is 0.227 e. The normalized spacial score (nSPS) is 15.7. The van der Waals surface area contributed by atoms with Gasteiger partial charge in [0.1, 0.15) is 12.4 Å². The first kappa shape index (κ1) is 22.9. The zero-order chi connectivity index (χ0) is 24.6. The van der Waals surface area contributed by atoms with Crippen molar-refractivity contribution in [3.8, 4) is 5.75 Å². The Bertz CT molecular complexity index is 1400. The number of amides is 1. The van der Waals surface area contributed by atoms with Crippen LogP contribution in [0.3, 0.4) is 0 Å². The summed E-state index contributed by atoms with van der Waals surface area (Å²) in [7, 11) is 2.12. The lowest BCUT2D eigenvalue weighted by Crippen LogP contribution is -2.33. The van der Waals surface area contributed by atoms with Crippen molar-refractivity contribution in [2.45, 2.75) is 51.7 Å². The molecule has 1 amide bonds. The monoisotopic (exact) mass is 483 g/mol. The number of aryl methyl sites for hydroxylation is 1. The molecule has 1 saturated carbocycles. The summed E-state index contributed by atoms with van der Waals surface area (Å²) < 4.78 is 6.02. The summed E-state index contributed by atoms with van der Waals surface area (Å²) in [5, 5.41) is 8.79. The second-order valence-electron chi connectivity index (χ2n) is 10.3. The fourth-order valence-corrected chi connectivity index (χ4v) is 5.29. The Balaban J connectivity index is 1.13. The maximum atomic E-state index is 13.4. The third kappa shape index (κ3) is 4.75. The molecule has 0 spiro atoms. The number of benzene rings is 2. The van der Waals surface area contributed by atoms with E-state index in [2.05, 4.69) is 63.5 Å². The first-order chi connectivity index (χ1) is 17.5. The molecule has 6 rings (SSSR count). The Kier molecular flexibility index (Phi) is 6.01. The van der Waals surface area contributed by atoms with Crippen LogP contribution in [0.5, 0.6) is 5.75 Å². The molecule has 0 radical (unpaired) electrons. The number of nitrogens with zero attached hydrogens (tertiary/aromatic N) is 3. The largest absolute Gasteiger partial charge is 0.491 e. The van der Waals surface area contributed by atoms with Crippen LogP contribution in [-0.2, 0) is 30.8 Å². The Labute approximate surface area is 211 Å². The van der Waals surface area contributed by atoms with E-state index in [0.29, 0.717) is 32.0 Å². The van der Waals surface area contributed by atoms with Gasteiger partial charge in [-0.05, 0) is 62.2 Å². The van der Waals surface area contributed by atoms with Crippen LogP contribution in [-0.4, -0.2) is 51.1 Å². The first-order valence-electron chi connectivity index (χ1n) is 12.8. The van der Waals surface area contributed by atoms with E-state index in [9.17, 15) is 4.79 Å². The molecule has 2 aliphatic rings. The molecular formula is C29H33N5O2. The number of para-hydroxylation sites is 1. The molecule has 3 heterocycles. The predicted octanol–water partition coefficient (Wildman–Crippen LogP) is 4.67. The van der Waals surface area contributed by atoms with Crippen molar-refractivity contribution in [2.24, 2.45) is 0 Å². The summed E-state index contributed by atoms with van der Waals surface area (Å²) in [6.45, 7) is 5.34. The first-order valence-corrected chi connectivity index (χ1v) is 12.8. The molecule has 1 aliphatic carbocycles. The fourth-order valence-electron chi connectivity index (χ4n) is 5.29. The number of H-pyrrole nitrogens is 2. The van der Waals surface area contributed by atoms with E-state index < -0.39 is 0 Å². The number of nitrogens with one attached hydrogen (secondary N) is 2. The van der Waals surface area contributed by atoms with Crippen molar-refractivity contribution in [2.75, 3.05) is 20.2 Å². The van der Waals surface area contributed by atoms with E-state index in [1.807, 2.05) is 24.0 Å². The molecule has 1 aliphatic heterocycles. The highest BCUT2D eigenvalue weighted by atomic mass is 16.5. The van der Waals surface area contributed by atoms with Gasteiger partial charge in [0.15, 0.2) is 0 Å². The SMILES string of the molecule is Cc1[nH]c2ccccc2c1CC(=O)N1CCOc2ccc(CN(C)Cc3cc(C4CC4)n[nH]3)cc2C1. The van der Waals surface area contributed by atoms with Crippen LogP contribution in [0.1, 0.15) is 52.5 Å². The van der Waals surface area contributed by atoms with Crippen molar-refractivity contribution in [1.29, 1.82) is 0 Å². The minimum absolute atomic E-state index is 0.132. The third-order valence-corrected chi connectivity index (χ3v) is 7.35. The number of ether oxygens (including phenoxy) is 1. The number of carbonyl (C=O) groups is 1. The lowest BCUT2D eigenvalue weighted by atomic mass is 10.1. The molecule has 1 fully saturated rings. The maximum Gasteiger partial charge on any atom is 0.227 e. The van der Waals surface area contributed by atoms with Crippen LogP contribution in [0.4, 0.5) is 0 Å². The topological polar surface area (TPSA) is 77.2 Å². The highest BCUT2D eigenvalue weighted by Crippen LogP contribution is 2.39. The Morgan fingerprint density at radius 1 is 1.17 bits per heavy atom. The lowest BCUT2D eigenvalue weighted by Gasteiger charge is -2.21. The van der Waals surface area contributed by atoms with Crippen LogP contribution in [0, 0.1) is 6.92 Å². The van der Waals surface area contributed by atoms with Gasteiger partial charge in [-0.2, -0.15) is 5.10 Å². The standard InChI is InChI=1S/C29H33N5O2/c1-19-25(24-5-3-4-6-26(24)30-19)15-29(35)34-11-12-36-28-10-7-20(13-22(28)17-34)16-33(2)18-23-14-27(32-31-23)21-8-9-21/h3-7,10,13-14,21,30H,8-9,11-12,15-18H2,1-2H3,(H,31,32). The molecule has 7 heteroatoms. The number of carbonyl (C=O) groups excluding carboxylic acids is 1. The summed E-state index contributed by atoms with van der Waals surface area (Å²) in [6, 6.07) is 16.8. The molecule has 0 unspecified atom stereocenters. The van der Waals surface area contributed by atoms with Gasteiger partial charge in [0.05, 0.1) is 18.7 Å². The quantitative estimate of drug-likeness (QED) is 0.400. The van der Waals surface area contributed by atoms with Gasteiger partial charge in [-0.3, -0.25) is 14.8 Å². The fraction of sp³-hybridized carbons (Fsp3) is 0.379. The van der Waals surface area contributed by atoms with Gasteiger partial charge in [0.25, 0.3) is 0 Å². The van der Waals surface area contributed by atoms with Gasteiger partial charge < -0.3 is 14.6 Å². The molecule has 0 atom stereocenters. The van der Waals surface area contributed by atoms with Crippen molar-refractivity contribution < 1.29 is 9.53 Å². The van der Waals surface area contributed by atoms with Crippen molar-refractivity contribution in [3.05, 3.63) is 82.3 Å². The van der Waals surface area contributed by atoms with E-state index in [-0.39, 0.29) is 5.91 Å². The number of hydrogen-bond acceptors (Lipinski definition) is 4.